The molecule has 18 rings (SSSR count). The molecule has 0 aromatic heterocycles. The molecular weight excluding hydrogens is 1270 g/mol. The highest BCUT2D eigenvalue weighted by Crippen LogP contribution is 2.65. The Morgan fingerprint density at radius 2 is 0.539 bits per heavy atom. The molecule has 0 saturated heterocycles. The predicted octanol–water partition coefficient (Wildman–Crippen LogP) is 19.1. The fourth-order valence-corrected chi connectivity index (χ4v) is 25.7. The van der Waals surface area contributed by atoms with Crippen LogP contribution in [-0.2, 0) is 52.1 Å². The fourth-order valence-electron chi connectivity index (χ4n) is 25.7. The monoisotopic (exact) mass is 1380 g/mol. The van der Waals surface area contributed by atoms with Gasteiger partial charge < -0.3 is 48.8 Å². The van der Waals surface area contributed by atoms with Gasteiger partial charge in [0.05, 0.1) is 37.6 Å². The van der Waals surface area contributed by atoms with E-state index in [2.05, 4.69) is 137 Å². The summed E-state index contributed by atoms with van der Waals surface area (Å²) in [5, 5.41) is 44.1. The molecule has 0 heterocycles. The van der Waals surface area contributed by atoms with Gasteiger partial charge in [-0.1, -0.05) is 52.0 Å². The Morgan fingerprint density at radius 1 is 0.284 bits per heavy atom. The van der Waals surface area contributed by atoms with Gasteiger partial charge in [0, 0.05) is 0 Å². The maximum atomic E-state index is 11.0. The Bertz CT molecular complexity index is 3580. The average Bonchev–Trinajstić information content (AvgIpc) is 1.53. The van der Waals surface area contributed by atoms with Crippen LogP contribution in [0.5, 0.6) is 34.5 Å². The maximum Gasteiger partial charge on any atom is 0.120 e. The number of aliphatic hydroxyl groups is 4. The summed E-state index contributed by atoms with van der Waals surface area (Å²) in [7, 11) is 0. The van der Waals surface area contributed by atoms with Gasteiger partial charge in [0.15, 0.2) is 0 Å². The number of hydrogen-bond donors (Lipinski definition) is 4. The highest BCUT2D eigenvalue weighted by molar-refractivity contribution is 5.46. The minimum atomic E-state index is -0.158. The number of fused-ring (bicyclic) bond motifs is 20. The molecule has 0 spiro atoms. The number of hydrogen-bond acceptors (Lipinski definition) is 10. The molecule has 102 heavy (non-hydrogen) atoms. The molecule has 10 nitrogen and oxygen atoms in total. The lowest BCUT2D eigenvalue weighted by atomic mass is 9.55. The lowest BCUT2D eigenvalue weighted by Gasteiger charge is -2.50. The molecule has 0 amide bonds. The average molecular weight is 1380 g/mol. The number of aryl methyl sites for hydroxylation is 4. The van der Waals surface area contributed by atoms with E-state index in [1.54, 1.807) is 0 Å². The standard InChI is InChI=1S/C92H114O10/c1-89-35-31-73-69-19-11-63(47-59(69)7-15-77(73)81(89)23-27-85(89)93)99-51-55-41-56(52-100-64-12-20-70-60(48-64)8-16-78-74(70)32-36-90(2)82(78)24-28-86(90)94)44-67(43-55)97-39-5-6-40-98-68-45-57(53-101-65-13-21-71-61(49-65)9-17-79-75(71)33-37-91(3)83(79)25-29-87(91)95)42-58(46-68)54-102-66-14-22-72-62(50-66)10-18-80-76(72)34-38-92(4)84(80)26-30-88(92)96/h11-14,19-22,41-50,73-88,93-96H,5-10,15-18,23-40,51-54H2,1-4H3/t73-,74-,75-,76-,77-,78-,79-,80-,81+,82+,83+,84+,85-,86-,87-,88-,89+,90+,91+,92+/m1/s1. The molecule has 8 fully saturated rings. The van der Waals surface area contributed by atoms with Crippen LogP contribution in [0.25, 0.3) is 0 Å². The van der Waals surface area contributed by atoms with Crippen molar-refractivity contribution >= 4 is 0 Å². The second-order valence-electron chi connectivity index (χ2n) is 36.2. The predicted molar refractivity (Wildman–Crippen MR) is 399 cm³/mol. The molecule has 8 saturated carbocycles. The van der Waals surface area contributed by atoms with E-state index in [1.807, 2.05) is 0 Å². The number of ether oxygens (including phenoxy) is 6. The summed E-state index contributed by atoms with van der Waals surface area (Å²) in [4.78, 5) is 0. The first kappa shape index (κ1) is 67.8. The van der Waals surface area contributed by atoms with Crippen molar-refractivity contribution in [1.82, 2.24) is 0 Å². The number of unbranched alkanes of at least 4 members (excludes halogenated alkanes) is 1. The van der Waals surface area contributed by atoms with E-state index in [-0.39, 0.29) is 46.1 Å². The molecule has 0 unspecified atom stereocenters. The SMILES string of the molecule is C[C@]12CC[C@@H]3c4ccc(OCc5cc(COc6ccc7c(c6)CC[C@@H]6[C@@H]7CC[C@]7(C)[C@H](O)CC[C@@H]67)cc(OCCCCOc6cc(COc7ccc8c(c7)CC[C@@H]7[C@@H]8CC[C@]8(C)[C@H](O)CC[C@@H]78)cc(COc7ccc8c(c7)CC[C@@H]7[C@@H]8CC[C@]8(C)[C@H](O)CC[C@@H]78)c6)c5)cc4CC[C@H]3[C@@H]1CC[C@H]2O. The first-order valence-corrected chi connectivity index (χ1v) is 40.8. The topological polar surface area (TPSA) is 136 Å². The molecule has 4 N–H and O–H groups in total. The van der Waals surface area contributed by atoms with Crippen LogP contribution in [-0.4, -0.2) is 58.1 Å². The third-order valence-corrected chi connectivity index (χ3v) is 31.3. The van der Waals surface area contributed by atoms with Gasteiger partial charge in [-0.15, -0.1) is 0 Å². The third-order valence-electron chi connectivity index (χ3n) is 31.3. The smallest absolute Gasteiger partial charge is 0.120 e. The second kappa shape index (κ2) is 27.1. The van der Waals surface area contributed by atoms with Gasteiger partial charge in [0.1, 0.15) is 60.9 Å². The molecule has 20 atom stereocenters. The summed E-state index contributed by atoms with van der Waals surface area (Å²) in [6.07, 6.45) is 27.5. The molecule has 10 heteroatoms. The molecule has 0 bridgehead atoms. The number of aliphatic hydroxyl groups excluding tert-OH is 4. The number of benzene rings is 6. The van der Waals surface area contributed by atoms with Crippen LogP contribution in [0.15, 0.2) is 109 Å². The highest BCUT2D eigenvalue weighted by atomic mass is 16.5. The van der Waals surface area contributed by atoms with Crippen molar-refractivity contribution in [3.63, 3.8) is 0 Å². The molecule has 542 valence electrons. The lowest BCUT2D eigenvalue weighted by molar-refractivity contribution is -0.0226. The van der Waals surface area contributed by atoms with Gasteiger partial charge in [-0.3, -0.25) is 0 Å². The van der Waals surface area contributed by atoms with Crippen LogP contribution < -0.4 is 28.4 Å². The van der Waals surface area contributed by atoms with E-state index in [1.165, 1.54) is 70.2 Å². The zero-order valence-electron chi connectivity index (χ0n) is 61.5. The van der Waals surface area contributed by atoms with Gasteiger partial charge in [-0.25, -0.2) is 0 Å². The Hall–Kier alpha value is -6.04. The number of rotatable bonds is 19. The summed E-state index contributed by atoms with van der Waals surface area (Å²) in [5.41, 5.74) is 16.2. The Morgan fingerprint density at radius 3 is 0.794 bits per heavy atom. The van der Waals surface area contributed by atoms with Gasteiger partial charge >= 0.3 is 0 Å². The van der Waals surface area contributed by atoms with Gasteiger partial charge in [0.25, 0.3) is 0 Å². The quantitative estimate of drug-likeness (QED) is 0.0580. The third kappa shape index (κ3) is 12.1. The van der Waals surface area contributed by atoms with Crippen molar-refractivity contribution in [2.24, 2.45) is 69.0 Å². The lowest BCUT2D eigenvalue weighted by Crippen LogP contribution is -2.43. The van der Waals surface area contributed by atoms with Crippen molar-refractivity contribution in [3.05, 3.63) is 176 Å². The largest absolute Gasteiger partial charge is 0.494 e. The van der Waals surface area contributed by atoms with E-state index in [4.69, 9.17) is 28.4 Å². The molecule has 0 aliphatic heterocycles. The first-order chi connectivity index (χ1) is 49.5. The van der Waals surface area contributed by atoms with E-state index >= 15 is 0 Å². The summed E-state index contributed by atoms with van der Waals surface area (Å²) >= 11 is 0. The maximum absolute atomic E-state index is 11.0. The molecule has 6 aromatic carbocycles. The Labute approximate surface area is 607 Å². The second-order valence-corrected chi connectivity index (χ2v) is 36.2. The molecule has 12 aliphatic carbocycles. The zero-order chi connectivity index (χ0) is 69.2. The fraction of sp³-hybridized carbons (Fsp3) is 0.609. The van der Waals surface area contributed by atoms with E-state index in [9.17, 15) is 20.4 Å². The van der Waals surface area contributed by atoms with Crippen LogP contribution in [0, 0.1) is 69.0 Å². The van der Waals surface area contributed by atoms with Crippen LogP contribution in [0.2, 0.25) is 0 Å². The van der Waals surface area contributed by atoms with Crippen molar-refractivity contribution in [3.8, 4) is 34.5 Å². The first-order valence-electron chi connectivity index (χ1n) is 40.8. The van der Waals surface area contributed by atoms with Crippen molar-refractivity contribution in [2.45, 2.75) is 269 Å². The minimum absolute atomic E-state index is 0.0709. The molecule has 12 aliphatic rings. The minimum Gasteiger partial charge on any atom is -0.494 e. The van der Waals surface area contributed by atoms with Crippen LogP contribution in [0.4, 0.5) is 0 Å². The van der Waals surface area contributed by atoms with Crippen molar-refractivity contribution in [1.29, 1.82) is 0 Å². The molecular formula is C92H114O10. The molecule has 0 radical (unpaired) electrons. The van der Waals surface area contributed by atoms with Crippen LogP contribution in [0.1, 0.15) is 259 Å². The van der Waals surface area contributed by atoms with Crippen molar-refractivity contribution < 1.29 is 48.8 Å². The van der Waals surface area contributed by atoms with Crippen LogP contribution in [0.3, 0.4) is 0 Å². The Kier molecular flexibility index (Phi) is 18.0. The normalized spacial score (nSPS) is 36.4. The summed E-state index contributed by atoms with van der Waals surface area (Å²) in [6.45, 7) is 12.2. The van der Waals surface area contributed by atoms with E-state index < -0.39 is 0 Å². The van der Waals surface area contributed by atoms with Gasteiger partial charge in [0.2, 0.25) is 0 Å². The zero-order valence-corrected chi connectivity index (χ0v) is 61.5. The summed E-state index contributed by atoms with van der Waals surface area (Å²) < 4.78 is 40.2. The van der Waals surface area contributed by atoms with E-state index in [0.29, 0.717) is 111 Å². The van der Waals surface area contributed by atoms with E-state index in [0.717, 1.165) is 198 Å². The van der Waals surface area contributed by atoms with Crippen LogP contribution >= 0.6 is 0 Å². The summed E-state index contributed by atoms with van der Waals surface area (Å²) in [5.74, 6) is 12.6. The summed E-state index contributed by atoms with van der Waals surface area (Å²) in [6, 6.07) is 40.5. The highest BCUT2D eigenvalue weighted by Gasteiger charge is 2.58. The molecule has 6 aromatic rings. The Balaban J connectivity index is 0.543. The van der Waals surface area contributed by atoms with Gasteiger partial charge in [-0.05, 0) is 411 Å². The van der Waals surface area contributed by atoms with Crippen molar-refractivity contribution in [2.75, 3.05) is 13.2 Å². The van der Waals surface area contributed by atoms with Gasteiger partial charge in [-0.2, -0.15) is 0 Å².